The summed E-state index contributed by atoms with van der Waals surface area (Å²) in [6, 6.07) is 8.14. The van der Waals surface area contributed by atoms with Gasteiger partial charge in [-0.2, -0.15) is 0 Å². The van der Waals surface area contributed by atoms with E-state index in [9.17, 15) is 8.78 Å². The third-order valence-electron chi connectivity index (χ3n) is 7.08. The number of H-pyrrole nitrogens is 1. The average molecular weight is 459 g/mol. The van der Waals surface area contributed by atoms with E-state index in [4.69, 9.17) is 4.98 Å². The van der Waals surface area contributed by atoms with Gasteiger partial charge in [-0.3, -0.25) is 4.90 Å². The van der Waals surface area contributed by atoms with Crippen LogP contribution in [-0.2, 0) is 12.8 Å². The highest BCUT2D eigenvalue weighted by molar-refractivity contribution is 7.11. The highest BCUT2D eigenvalue weighted by Crippen LogP contribution is 2.42. The smallest absolute Gasteiger partial charge is 0.251 e. The number of benzene rings is 1. The van der Waals surface area contributed by atoms with Crippen molar-refractivity contribution >= 4 is 22.2 Å². The SMILES string of the molecule is CCCN1CC[C@@H](Cc2ncc([C@@H]3c4[nH]c5ccccc5c4C[C@@H](C)N3CC(F)F)s2)C1. The molecular formula is C25H32F2N4S. The maximum Gasteiger partial charge on any atom is 0.251 e. The number of nitrogens with one attached hydrogen (secondary N) is 1. The highest BCUT2D eigenvalue weighted by atomic mass is 32.1. The molecule has 2 aromatic heterocycles. The number of likely N-dealkylation sites (tertiary alicyclic amines) is 1. The fourth-order valence-electron chi connectivity index (χ4n) is 5.65. The molecule has 0 aliphatic carbocycles. The first-order chi connectivity index (χ1) is 15.5. The predicted octanol–water partition coefficient (Wildman–Crippen LogP) is 5.50. The zero-order valence-corrected chi connectivity index (χ0v) is 19.7. The number of aromatic amines is 1. The maximum absolute atomic E-state index is 13.6. The first kappa shape index (κ1) is 22.0. The zero-order chi connectivity index (χ0) is 22.2. The molecule has 0 spiro atoms. The van der Waals surface area contributed by atoms with Crippen LogP contribution in [0.1, 0.15) is 53.9 Å². The molecule has 4 heterocycles. The first-order valence-corrected chi connectivity index (χ1v) is 12.7. The van der Waals surface area contributed by atoms with Crippen LogP contribution in [0.3, 0.4) is 0 Å². The van der Waals surface area contributed by atoms with Gasteiger partial charge in [0.25, 0.3) is 6.43 Å². The molecule has 172 valence electrons. The molecule has 2 aliphatic rings. The monoisotopic (exact) mass is 458 g/mol. The first-order valence-electron chi connectivity index (χ1n) is 11.8. The Morgan fingerprint density at radius 3 is 2.94 bits per heavy atom. The lowest BCUT2D eigenvalue weighted by Crippen LogP contribution is -2.44. The van der Waals surface area contributed by atoms with E-state index in [1.807, 2.05) is 17.2 Å². The second-order valence-corrected chi connectivity index (χ2v) is 10.6. The normalized spacial score (nSPS) is 24.6. The topological polar surface area (TPSA) is 35.2 Å². The summed E-state index contributed by atoms with van der Waals surface area (Å²) in [5.74, 6) is 0.645. The summed E-state index contributed by atoms with van der Waals surface area (Å²) in [4.78, 5) is 13.9. The summed E-state index contributed by atoms with van der Waals surface area (Å²) < 4.78 is 27.1. The summed E-state index contributed by atoms with van der Waals surface area (Å²) in [5.41, 5.74) is 3.42. The number of thiazole rings is 1. The van der Waals surface area contributed by atoms with Crippen LogP contribution in [0, 0.1) is 5.92 Å². The number of hydrogen-bond acceptors (Lipinski definition) is 4. The molecule has 0 amide bonds. The summed E-state index contributed by atoms with van der Waals surface area (Å²) in [5, 5.41) is 2.35. The summed E-state index contributed by atoms with van der Waals surface area (Å²) in [6.45, 7) is 7.58. The number of halogens is 2. The standard InChI is InChI=1S/C25H32F2N4S/c1-3-9-30-10-8-17(14-30)12-23-28-13-21(32-23)25-24-19(11-16(2)31(25)15-22(26)27)18-6-4-5-7-20(18)29-24/h4-7,13,16-17,22,25,29H,3,8-12,14-15H2,1-2H3/t16-,17+,25-/m1/s1. The van der Waals surface area contributed by atoms with Gasteiger partial charge in [0.1, 0.15) is 0 Å². The molecule has 0 radical (unpaired) electrons. The number of alkyl halides is 2. The minimum absolute atomic E-state index is 0.0451. The van der Waals surface area contributed by atoms with Gasteiger partial charge in [-0.1, -0.05) is 25.1 Å². The molecule has 1 saturated heterocycles. The molecule has 4 nitrogen and oxygen atoms in total. The van der Waals surface area contributed by atoms with Crippen molar-refractivity contribution in [2.24, 2.45) is 5.92 Å². The van der Waals surface area contributed by atoms with Gasteiger partial charge in [0.05, 0.1) is 17.6 Å². The number of rotatable bonds is 7. The van der Waals surface area contributed by atoms with Gasteiger partial charge < -0.3 is 9.88 Å². The van der Waals surface area contributed by atoms with Crippen molar-refractivity contribution in [2.45, 2.75) is 58.0 Å². The Balaban J connectivity index is 1.45. The van der Waals surface area contributed by atoms with Gasteiger partial charge in [-0.15, -0.1) is 11.3 Å². The van der Waals surface area contributed by atoms with Gasteiger partial charge >= 0.3 is 0 Å². The molecule has 7 heteroatoms. The van der Waals surface area contributed by atoms with Gasteiger partial charge in [-0.25, -0.2) is 13.8 Å². The lowest BCUT2D eigenvalue weighted by molar-refractivity contribution is 0.0464. The van der Waals surface area contributed by atoms with E-state index in [1.54, 1.807) is 11.3 Å². The summed E-state index contributed by atoms with van der Waals surface area (Å²) in [6.07, 6.45) is 3.77. The number of nitrogens with zero attached hydrogens (tertiary/aromatic N) is 3. The molecule has 1 N–H and O–H groups in total. The number of fused-ring (bicyclic) bond motifs is 3. The molecule has 0 saturated carbocycles. The molecule has 0 bridgehead atoms. The molecule has 32 heavy (non-hydrogen) atoms. The van der Waals surface area contributed by atoms with E-state index < -0.39 is 6.43 Å². The number of para-hydroxylation sites is 1. The van der Waals surface area contributed by atoms with E-state index in [0.29, 0.717) is 5.92 Å². The Morgan fingerprint density at radius 2 is 2.12 bits per heavy atom. The van der Waals surface area contributed by atoms with Crippen molar-refractivity contribution in [1.29, 1.82) is 0 Å². The van der Waals surface area contributed by atoms with E-state index in [1.165, 1.54) is 36.9 Å². The Bertz CT molecular complexity index is 1060. The van der Waals surface area contributed by atoms with Gasteiger partial charge in [0.15, 0.2) is 0 Å². The average Bonchev–Trinajstić information content (AvgIpc) is 3.48. The molecule has 1 fully saturated rings. The second kappa shape index (κ2) is 9.20. The van der Waals surface area contributed by atoms with Crippen LogP contribution in [0.4, 0.5) is 8.78 Å². The van der Waals surface area contributed by atoms with Crippen molar-refractivity contribution in [1.82, 2.24) is 19.8 Å². The zero-order valence-electron chi connectivity index (χ0n) is 18.9. The molecular weight excluding hydrogens is 426 g/mol. The van der Waals surface area contributed by atoms with Gasteiger partial charge in [0, 0.05) is 46.7 Å². The highest BCUT2D eigenvalue weighted by Gasteiger charge is 2.38. The van der Waals surface area contributed by atoms with Crippen LogP contribution in [0.15, 0.2) is 30.5 Å². The quantitative estimate of drug-likeness (QED) is 0.508. The fourth-order valence-corrected chi connectivity index (χ4v) is 6.82. The minimum Gasteiger partial charge on any atom is -0.357 e. The Morgan fingerprint density at radius 1 is 1.28 bits per heavy atom. The van der Waals surface area contributed by atoms with Crippen molar-refractivity contribution < 1.29 is 8.78 Å². The van der Waals surface area contributed by atoms with Crippen LogP contribution in [0.5, 0.6) is 0 Å². The van der Waals surface area contributed by atoms with Crippen molar-refractivity contribution in [3.8, 4) is 0 Å². The lowest BCUT2D eigenvalue weighted by atomic mass is 9.92. The van der Waals surface area contributed by atoms with Crippen LogP contribution in [0.2, 0.25) is 0 Å². The largest absolute Gasteiger partial charge is 0.357 e. The van der Waals surface area contributed by atoms with Crippen LogP contribution < -0.4 is 0 Å². The number of hydrogen-bond donors (Lipinski definition) is 1. The predicted molar refractivity (Wildman–Crippen MR) is 127 cm³/mol. The lowest BCUT2D eigenvalue weighted by Gasteiger charge is -2.39. The fraction of sp³-hybridized carbons (Fsp3) is 0.560. The van der Waals surface area contributed by atoms with Crippen LogP contribution in [-0.4, -0.2) is 58.4 Å². The Hall–Kier alpha value is -1.83. The summed E-state index contributed by atoms with van der Waals surface area (Å²) in [7, 11) is 0. The molecule has 3 aromatic rings. The molecule has 2 aliphatic heterocycles. The van der Waals surface area contributed by atoms with Gasteiger partial charge in [0.2, 0.25) is 0 Å². The van der Waals surface area contributed by atoms with Crippen molar-refractivity contribution in [2.75, 3.05) is 26.2 Å². The summed E-state index contributed by atoms with van der Waals surface area (Å²) >= 11 is 1.71. The van der Waals surface area contributed by atoms with Crippen LogP contribution >= 0.6 is 11.3 Å². The Labute approximate surface area is 192 Å². The van der Waals surface area contributed by atoms with Crippen molar-refractivity contribution in [3.05, 3.63) is 51.6 Å². The van der Waals surface area contributed by atoms with E-state index in [0.717, 1.165) is 40.5 Å². The maximum atomic E-state index is 13.6. The molecule has 0 unspecified atom stereocenters. The van der Waals surface area contributed by atoms with E-state index in [-0.39, 0.29) is 18.6 Å². The third-order valence-corrected chi connectivity index (χ3v) is 8.15. The Kier molecular flexibility index (Phi) is 6.32. The molecule has 5 rings (SSSR count). The number of aromatic nitrogens is 2. The van der Waals surface area contributed by atoms with Crippen LogP contribution in [0.25, 0.3) is 10.9 Å². The second-order valence-electron chi connectivity index (χ2n) is 9.42. The molecule has 1 aromatic carbocycles. The van der Waals surface area contributed by atoms with Crippen molar-refractivity contribution in [3.63, 3.8) is 0 Å². The van der Waals surface area contributed by atoms with Gasteiger partial charge in [-0.05, 0) is 56.8 Å². The molecule has 3 atom stereocenters. The van der Waals surface area contributed by atoms with E-state index in [2.05, 4.69) is 41.9 Å². The minimum atomic E-state index is -2.36. The third kappa shape index (κ3) is 4.22. The van der Waals surface area contributed by atoms with E-state index >= 15 is 0 Å².